The van der Waals surface area contributed by atoms with Gasteiger partial charge in [-0.15, -0.1) is 0 Å². The van der Waals surface area contributed by atoms with E-state index in [9.17, 15) is 23.3 Å². The Morgan fingerprint density at radius 2 is 2.11 bits per heavy atom. The number of aryl methyl sites for hydroxylation is 1. The lowest BCUT2D eigenvalue weighted by atomic mass is 10.2. The molecule has 0 aliphatic rings. The molecule has 0 atom stereocenters. The molecule has 8 nitrogen and oxygen atoms in total. The van der Waals surface area contributed by atoms with Crippen LogP contribution in [0.5, 0.6) is 0 Å². The first-order valence-corrected chi connectivity index (χ1v) is 6.84. The fourth-order valence-electron chi connectivity index (χ4n) is 1.38. The number of carbonyl (C=O) groups is 1. The highest BCUT2D eigenvalue weighted by Gasteiger charge is 2.15. The van der Waals surface area contributed by atoms with E-state index in [1.54, 1.807) is 0 Å². The van der Waals surface area contributed by atoms with Crippen LogP contribution in [0, 0.1) is 17.0 Å². The summed E-state index contributed by atoms with van der Waals surface area (Å²) < 4.78 is 25.2. The van der Waals surface area contributed by atoms with Crippen molar-refractivity contribution in [1.82, 2.24) is 0 Å². The highest BCUT2D eigenvalue weighted by atomic mass is 32.2. The minimum Gasteiger partial charge on any atom is -0.481 e. The average Bonchev–Trinajstić information content (AvgIpc) is 2.25. The van der Waals surface area contributed by atoms with E-state index in [4.69, 9.17) is 5.11 Å². The molecule has 1 aromatic rings. The molecule has 0 amide bonds. The molecule has 1 aromatic carbocycles. The Morgan fingerprint density at radius 1 is 1.47 bits per heavy atom. The molecule has 0 saturated heterocycles. The van der Waals surface area contributed by atoms with E-state index in [-0.39, 0.29) is 11.4 Å². The summed E-state index contributed by atoms with van der Waals surface area (Å²) in [7, 11) is -3.78. The molecule has 0 radical (unpaired) electrons. The summed E-state index contributed by atoms with van der Waals surface area (Å²) in [6, 6.07) is 3.75. The van der Waals surface area contributed by atoms with Gasteiger partial charge in [0.25, 0.3) is 5.69 Å². The Kier molecular flexibility index (Phi) is 4.43. The van der Waals surface area contributed by atoms with Crippen LogP contribution in [0.15, 0.2) is 18.2 Å². The molecule has 0 saturated carbocycles. The standard InChI is InChI=1S/C10H12N2O6S/c1-7-6-8(2-3-9(7)12(15)16)11-19(17,18)5-4-10(13)14/h2-3,6,11H,4-5H2,1H3,(H,13,14). The summed E-state index contributed by atoms with van der Waals surface area (Å²) in [5, 5.41) is 19.0. The number of hydrogen-bond acceptors (Lipinski definition) is 5. The van der Waals surface area contributed by atoms with Crippen molar-refractivity contribution in [3.63, 3.8) is 0 Å². The molecule has 2 N–H and O–H groups in total. The van der Waals surface area contributed by atoms with Crippen molar-refractivity contribution in [1.29, 1.82) is 0 Å². The Bertz CT molecular complexity index is 610. The average molecular weight is 288 g/mol. The second-order valence-corrected chi connectivity index (χ2v) is 5.66. The van der Waals surface area contributed by atoms with E-state index in [0.29, 0.717) is 5.56 Å². The molecule has 0 aliphatic heterocycles. The molecule has 0 aromatic heterocycles. The maximum absolute atomic E-state index is 11.5. The number of carboxylic acids is 1. The van der Waals surface area contributed by atoms with Gasteiger partial charge in [0.15, 0.2) is 0 Å². The molecule has 19 heavy (non-hydrogen) atoms. The number of rotatable bonds is 6. The van der Waals surface area contributed by atoms with Crippen LogP contribution in [0.3, 0.4) is 0 Å². The highest BCUT2D eigenvalue weighted by molar-refractivity contribution is 7.92. The lowest BCUT2D eigenvalue weighted by Crippen LogP contribution is -2.18. The molecule has 0 spiro atoms. The monoisotopic (exact) mass is 288 g/mol. The fourth-order valence-corrected chi connectivity index (χ4v) is 2.41. The van der Waals surface area contributed by atoms with Crippen LogP contribution in [0.2, 0.25) is 0 Å². The number of carboxylic acid groups (broad SMARTS) is 1. The molecule has 104 valence electrons. The van der Waals surface area contributed by atoms with E-state index >= 15 is 0 Å². The normalized spacial score (nSPS) is 11.0. The molecule has 0 heterocycles. The number of nitro benzene ring substituents is 1. The van der Waals surface area contributed by atoms with E-state index < -0.39 is 33.1 Å². The number of anilines is 1. The summed E-state index contributed by atoms with van der Waals surface area (Å²) in [5.74, 6) is -1.77. The lowest BCUT2D eigenvalue weighted by Gasteiger charge is -2.07. The number of nitrogens with one attached hydrogen (secondary N) is 1. The maximum Gasteiger partial charge on any atom is 0.304 e. The minimum absolute atomic E-state index is 0.117. The Balaban J connectivity index is 2.86. The molecular formula is C10H12N2O6S. The third kappa shape index (κ3) is 4.54. The third-order valence-electron chi connectivity index (χ3n) is 2.25. The van der Waals surface area contributed by atoms with Crippen LogP contribution in [0.25, 0.3) is 0 Å². The quantitative estimate of drug-likeness (QED) is 0.596. The number of nitrogens with zero attached hydrogens (tertiary/aromatic N) is 1. The molecule has 0 aliphatic carbocycles. The van der Waals surface area contributed by atoms with Crippen molar-refractivity contribution < 1.29 is 23.2 Å². The first kappa shape index (κ1) is 14.9. The SMILES string of the molecule is Cc1cc(NS(=O)(=O)CCC(=O)O)ccc1[N+](=O)[O-]. The summed E-state index contributed by atoms with van der Waals surface area (Å²) in [6.07, 6.45) is -0.513. The topological polar surface area (TPSA) is 127 Å². The lowest BCUT2D eigenvalue weighted by molar-refractivity contribution is -0.385. The zero-order valence-corrected chi connectivity index (χ0v) is 10.8. The minimum atomic E-state index is -3.78. The molecular weight excluding hydrogens is 276 g/mol. The predicted molar refractivity (Wildman–Crippen MR) is 67.5 cm³/mol. The molecule has 0 bridgehead atoms. The third-order valence-corrected chi connectivity index (χ3v) is 3.54. The summed E-state index contributed by atoms with van der Waals surface area (Å²) in [5.41, 5.74) is 0.352. The summed E-state index contributed by atoms with van der Waals surface area (Å²) >= 11 is 0. The van der Waals surface area contributed by atoms with Crippen molar-refractivity contribution in [2.45, 2.75) is 13.3 Å². The Morgan fingerprint density at radius 3 is 2.58 bits per heavy atom. The van der Waals surface area contributed by atoms with Gasteiger partial charge in [-0.1, -0.05) is 0 Å². The summed E-state index contributed by atoms with van der Waals surface area (Å²) in [4.78, 5) is 20.3. The van der Waals surface area contributed by atoms with Gasteiger partial charge < -0.3 is 5.11 Å². The second kappa shape index (κ2) is 5.65. The smallest absolute Gasteiger partial charge is 0.304 e. The van der Waals surface area contributed by atoms with Crippen LogP contribution < -0.4 is 4.72 Å². The van der Waals surface area contributed by atoms with Crippen LogP contribution in [-0.4, -0.2) is 30.2 Å². The first-order chi connectivity index (χ1) is 8.71. The van der Waals surface area contributed by atoms with Gasteiger partial charge >= 0.3 is 5.97 Å². The van der Waals surface area contributed by atoms with E-state index in [0.717, 1.165) is 0 Å². The van der Waals surface area contributed by atoms with Crippen LogP contribution in [0.4, 0.5) is 11.4 Å². The molecule has 1 rings (SSSR count). The highest BCUT2D eigenvalue weighted by Crippen LogP contribution is 2.22. The number of aliphatic carboxylic acids is 1. The van der Waals surface area contributed by atoms with Gasteiger partial charge in [0.1, 0.15) is 0 Å². The zero-order chi connectivity index (χ0) is 14.6. The van der Waals surface area contributed by atoms with Gasteiger partial charge in [0.2, 0.25) is 10.0 Å². The van der Waals surface area contributed by atoms with E-state index in [1.165, 1.54) is 25.1 Å². The van der Waals surface area contributed by atoms with Gasteiger partial charge in [-0.25, -0.2) is 8.42 Å². The van der Waals surface area contributed by atoms with E-state index in [1.807, 2.05) is 0 Å². The van der Waals surface area contributed by atoms with Crippen LogP contribution in [-0.2, 0) is 14.8 Å². The van der Waals surface area contributed by atoms with Crippen LogP contribution >= 0.6 is 0 Å². The predicted octanol–water partition coefficient (Wildman–Crippen LogP) is 1.12. The molecule has 0 fully saturated rings. The number of sulfonamides is 1. The van der Waals surface area contributed by atoms with Gasteiger partial charge in [-0.3, -0.25) is 19.6 Å². The number of nitro groups is 1. The largest absolute Gasteiger partial charge is 0.481 e. The molecule has 0 unspecified atom stereocenters. The maximum atomic E-state index is 11.5. The molecule has 9 heteroatoms. The van der Waals surface area contributed by atoms with Crippen molar-refractivity contribution in [2.24, 2.45) is 0 Å². The van der Waals surface area contributed by atoms with Crippen molar-refractivity contribution in [2.75, 3.05) is 10.5 Å². The van der Waals surface area contributed by atoms with Crippen molar-refractivity contribution in [3.8, 4) is 0 Å². The Hall–Kier alpha value is -2.16. The summed E-state index contributed by atoms with van der Waals surface area (Å²) in [6.45, 7) is 1.48. The zero-order valence-electron chi connectivity index (χ0n) is 9.99. The van der Waals surface area contributed by atoms with Crippen molar-refractivity contribution >= 4 is 27.4 Å². The number of hydrogen-bond donors (Lipinski definition) is 2. The van der Waals surface area contributed by atoms with Gasteiger partial charge in [0.05, 0.1) is 17.1 Å². The number of benzene rings is 1. The second-order valence-electron chi connectivity index (χ2n) is 3.82. The van der Waals surface area contributed by atoms with Crippen molar-refractivity contribution in [3.05, 3.63) is 33.9 Å². The Labute approximate surface area is 109 Å². The first-order valence-electron chi connectivity index (χ1n) is 5.18. The van der Waals surface area contributed by atoms with Gasteiger partial charge in [-0.2, -0.15) is 0 Å². The fraction of sp³-hybridized carbons (Fsp3) is 0.300. The van der Waals surface area contributed by atoms with Crippen LogP contribution in [0.1, 0.15) is 12.0 Å². The van der Waals surface area contributed by atoms with Gasteiger partial charge in [-0.05, 0) is 19.1 Å². The van der Waals surface area contributed by atoms with Gasteiger partial charge in [0, 0.05) is 17.3 Å². The van der Waals surface area contributed by atoms with E-state index in [2.05, 4.69) is 4.72 Å².